The Morgan fingerprint density at radius 2 is 2.00 bits per heavy atom. The first-order valence-electron chi connectivity index (χ1n) is 5.01. The summed E-state index contributed by atoms with van der Waals surface area (Å²) in [6.45, 7) is 0. The first-order valence-corrected chi connectivity index (χ1v) is 8.49. The highest BCUT2D eigenvalue weighted by atomic mass is 127. The standard InChI is InChI=1S/C12H10Br2INS/c13-7-1-3-10(15)9(5-7)11(16)6-8-2-4-12(14)17-8/h1-5,11H,6,16H2. The van der Waals surface area contributed by atoms with Crippen LogP contribution in [0.25, 0.3) is 0 Å². The van der Waals surface area contributed by atoms with Crippen LogP contribution in [0, 0.1) is 3.57 Å². The Balaban J connectivity index is 2.19. The van der Waals surface area contributed by atoms with Gasteiger partial charge in [0.1, 0.15) is 0 Å². The first kappa shape index (κ1) is 14.0. The largest absolute Gasteiger partial charge is 0.324 e. The Hall–Kier alpha value is 0.570. The molecule has 1 aromatic carbocycles. The average Bonchev–Trinajstić information content (AvgIpc) is 2.67. The maximum atomic E-state index is 6.27. The van der Waals surface area contributed by atoms with Crippen molar-refractivity contribution in [1.29, 1.82) is 0 Å². The van der Waals surface area contributed by atoms with E-state index in [1.54, 1.807) is 11.3 Å². The van der Waals surface area contributed by atoms with Crippen molar-refractivity contribution in [1.82, 2.24) is 0 Å². The molecule has 0 aliphatic carbocycles. The minimum atomic E-state index is 0.0462. The topological polar surface area (TPSA) is 26.0 Å². The quantitative estimate of drug-likeness (QED) is 0.599. The van der Waals surface area contributed by atoms with E-state index in [0.717, 1.165) is 14.7 Å². The van der Waals surface area contributed by atoms with Crippen LogP contribution in [0.15, 0.2) is 38.6 Å². The number of rotatable bonds is 3. The minimum Gasteiger partial charge on any atom is -0.324 e. The zero-order valence-electron chi connectivity index (χ0n) is 8.79. The van der Waals surface area contributed by atoms with Crippen molar-refractivity contribution in [2.45, 2.75) is 12.5 Å². The fourth-order valence-electron chi connectivity index (χ4n) is 1.59. The molecule has 90 valence electrons. The monoisotopic (exact) mass is 485 g/mol. The van der Waals surface area contributed by atoms with Gasteiger partial charge in [0.05, 0.1) is 3.79 Å². The van der Waals surface area contributed by atoms with E-state index in [1.807, 2.05) is 6.07 Å². The summed E-state index contributed by atoms with van der Waals surface area (Å²) in [6.07, 6.45) is 0.878. The summed E-state index contributed by atoms with van der Waals surface area (Å²) in [5, 5.41) is 0. The highest BCUT2D eigenvalue weighted by molar-refractivity contribution is 14.1. The molecular formula is C12H10Br2INS. The van der Waals surface area contributed by atoms with Crippen molar-refractivity contribution in [2.24, 2.45) is 5.73 Å². The van der Waals surface area contributed by atoms with Crippen molar-refractivity contribution in [2.75, 3.05) is 0 Å². The number of benzene rings is 1. The zero-order chi connectivity index (χ0) is 12.4. The summed E-state index contributed by atoms with van der Waals surface area (Å²) in [5.41, 5.74) is 7.47. The SMILES string of the molecule is NC(Cc1ccc(Br)s1)c1cc(Br)ccc1I. The Kier molecular flexibility index (Phi) is 5.06. The number of thiophene rings is 1. The van der Waals surface area contributed by atoms with E-state index in [9.17, 15) is 0 Å². The number of nitrogens with two attached hydrogens (primary N) is 1. The Morgan fingerprint density at radius 3 is 2.65 bits per heavy atom. The van der Waals surface area contributed by atoms with E-state index < -0.39 is 0 Å². The molecule has 0 radical (unpaired) electrons. The molecule has 0 spiro atoms. The van der Waals surface area contributed by atoms with E-state index >= 15 is 0 Å². The van der Waals surface area contributed by atoms with Gasteiger partial charge in [0.15, 0.2) is 0 Å². The summed E-state index contributed by atoms with van der Waals surface area (Å²) in [7, 11) is 0. The second-order valence-corrected chi connectivity index (χ2v) is 8.31. The van der Waals surface area contributed by atoms with E-state index in [4.69, 9.17) is 5.73 Å². The van der Waals surface area contributed by atoms with Gasteiger partial charge in [-0.25, -0.2) is 0 Å². The number of hydrogen-bond acceptors (Lipinski definition) is 2. The Morgan fingerprint density at radius 1 is 1.24 bits per heavy atom. The van der Waals surface area contributed by atoms with Crippen LogP contribution >= 0.6 is 65.8 Å². The molecule has 0 saturated carbocycles. The molecular weight excluding hydrogens is 477 g/mol. The molecule has 0 fully saturated rings. The lowest BCUT2D eigenvalue weighted by atomic mass is 10.0. The van der Waals surface area contributed by atoms with E-state index in [1.165, 1.54) is 14.0 Å². The molecule has 1 atom stereocenters. The van der Waals surface area contributed by atoms with E-state index in [0.29, 0.717) is 0 Å². The maximum absolute atomic E-state index is 6.27. The van der Waals surface area contributed by atoms with Crippen molar-refractivity contribution in [3.05, 3.63) is 52.6 Å². The molecule has 2 aromatic rings. The average molecular weight is 487 g/mol. The van der Waals surface area contributed by atoms with Gasteiger partial charge in [-0.05, 0) is 74.4 Å². The van der Waals surface area contributed by atoms with Gasteiger partial charge in [0, 0.05) is 25.4 Å². The lowest BCUT2D eigenvalue weighted by Crippen LogP contribution is -2.14. The third-order valence-corrected chi connectivity index (χ3v) is 5.53. The fourth-order valence-corrected chi connectivity index (χ4v) is 4.24. The molecule has 0 saturated heterocycles. The molecule has 0 bridgehead atoms. The molecule has 1 nitrogen and oxygen atoms in total. The van der Waals surface area contributed by atoms with Crippen molar-refractivity contribution >= 4 is 65.8 Å². The number of halogens is 3. The van der Waals surface area contributed by atoms with Gasteiger partial charge in [-0.1, -0.05) is 15.9 Å². The second-order valence-electron chi connectivity index (χ2n) is 3.68. The lowest BCUT2D eigenvalue weighted by Gasteiger charge is -2.13. The molecule has 0 aliphatic heterocycles. The van der Waals surface area contributed by atoms with Gasteiger partial charge < -0.3 is 5.73 Å². The van der Waals surface area contributed by atoms with E-state index in [2.05, 4.69) is 78.7 Å². The lowest BCUT2D eigenvalue weighted by molar-refractivity contribution is 0.725. The van der Waals surface area contributed by atoms with Crippen LogP contribution in [0.3, 0.4) is 0 Å². The molecule has 1 aromatic heterocycles. The van der Waals surface area contributed by atoms with Crippen molar-refractivity contribution < 1.29 is 0 Å². The molecule has 0 amide bonds. The van der Waals surface area contributed by atoms with Gasteiger partial charge in [0.2, 0.25) is 0 Å². The summed E-state index contributed by atoms with van der Waals surface area (Å²) in [5.74, 6) is 0. The van der Waals surface area contributed by atoms with Gasteiger partial charge in [0.25, 0.3) is 0 Å². The third-order valence-electron chi connectivity index (χ3n) is 2.41. The molecule has 1 heterocycles. The summed E-state index contributed by atoms with van der Waals surface area (Å²) >= 11 is 11.0. The first-order chi connectivity index (χ1) is 8.06. The molecule has 2 N–H and O–H groups in total. The maximum Gasteiger partial charge on any atom is 0.0701 e. The van der Waals surface area contributed by atoms with Crippen molar-refractivity contribution in [3.8, 4) is 0 Å². The summed E-state index contributed by atoms with van der Waals surface area (Å²) in [4.78, 5) is 1.31. The highest BCUT2D eigenvalue weighted by Gasteiger charge is 2.12. The van der Waals surface area contributed by atoms with E-state index in [-0.39, 0.29) is 6.04 Å². The van der Waals surface area contributed by atoms with Gasteiger partial charge in [-0.15, -0.1) is 11.3 Å². The molecule has 5 heteroatoms. The van der Waals surface area contributed by atoms with Crippen LogP contribution in [0.1, 0.15) is 16.5 Å². The fraction of sp³-hybridized carbons (Fsp3) is 0.167. The van der Waals surface area contributed by atoms with Crippen LogP contribution < -0.4 is 5.73 Å². The van der Waals surface area contributed by atoms with Crippen molar-refractivity contribution in [3.63, 3.8) is 0 Å². The predicted molar refractivity (Wildman–Crippen MR) is 89.5 cm³/mol. The Bertz CT molecular complexity index is 527. The van der Waals surface area contributed by atoms with Crippen LogP contribution in [0.5, 0.6) is 0 Å². The van der Waals surface area contributed by atoms with Gasteiger partial charge >= 0.3 is 0 Å². The molecule has 1 unspecified atom stereocenters. The molecule has 0 aliphatic rings. The normalized spacial score (nSPS) is 12.7. The smallest absolute Gasteiger partial charge is 0.0701 e. The molecule has 2 rings (SSSR count). The second kappa shape index (κ2) is 6.14. The minimum absolute atomic E-state index is 0.0462. The highest BCUT2D eigenvalue weighted by Crippen LogP contribution is 2.29. The van der Waals surface area contributed by atoms with Gasteiger partial charge in [-0.3, -0.25) is 0 Å². The summed E-state index contributed by atoms with van der Waals surface area (Å²) < 4.78 is 3.45. The van der Waals surface area contributed by atoms with Crippen LogP contribution in [0.2, 0.25) is 0 Å². The third kappa shape index (κ3) is 3.76. The predicted octanol–water partition coefficient (Wildman–Crippen LogP) is 5.12. The zero-order valence-corrected chi connectivity index (χ0v) is 14.9. The van der Waals surface area contributed by atoms with Crippen LogP contribution in [-0.2, 0) is 6.42 Å². The van der Waals surface area contributed by atoms with Crippen LogP contribution in [-0.4, -0.2) is 0 Å². The number of hydrogen-bond donors (Lipinski definition) is 1. The summed E-state index contributed by atoms with van der Waals surface area (Å²) in [6, 6.07) is 10.5. The van der Waals surface area contributed by atoms with Crippen LogP contribution in [0.4, 0.5) is 0 Å². The Labute approximate surface area is 135 Å². The van der Waals surface area contributed by atoms with Gasteiger partial charge in [-0.2, -0.15) is 0 Å². The molecule has 17 heavy (non-hydrogen) atoms.